The zero-order chi connectivity index (χ0) is 21.8. The lowest BCUT2D eigenvalue weighted by atomic mass is 9.98. The number of hydrogen-bond donors (Lipinski definition) is 5. The third-order valence-electron chi connectivity index (χ3n) is 3.51. The van der Waals surface area contributed by atoms with Gasteiger partial charge in [0.25, 0.3) is 0 Å². The third kappa shape index (κ3) is 17.7. The summed E-state index contributed by atoms with van der Waals surface area (Å²) in [6.45, 7) is 3.92. The highest BCUT2D eigenvalue weighted by atomic mass is 16.5. The van der Waals surface area contributed by atoms with Crippen LogP contribution in [0.25, 0.3) is 0 Å². The van der Waals surface area contributed by atoms with Crippen molar-refractivity contribution in [2.45, 2.75) is 58.0 Å². The smallest absolute Gasteiger partial charge is 0.333 e. The molecule has 0 aliphatic heterocycles. The minimum atomic E-state index is -1.63. The molecule has 0 aromatic heterocycles. The van der Waals surface area contributed by atoms with Crippen LogP contribution in [0.3, 0.4) is 0 Å². The summed E-state index contributed by atoms with van der Waals surface area (Å²) in [5.74, 6) is -5.91. The molecule has 0 amide bonds. The fraction of sp³-hybridized carbons (Fsp3) is 0.833. The van der Waals surface area contributed by atoms with Crippen LogP contribution < -0.4 is 0 Å². The molecule has 2 unspecified atom stereocenters. The van der Waals surface area contributed by atoms with E-state index in [0.29, 0.717) is 6.42 Å². The molecule has 0 rings (SSSR count). The molecule has 2 atom stereocenters. The Labute approximate surface area is 165 Å². The Balaban J connectivity index is 0. The zero-order valence-electron chi connectivity index (χ0n) is 16.4. The van der Waals surface area contributed by atoms with Gasteiger partial charge in [0.2, 0.25) is 0 Å². The quantitative estimate of drug-likeness (QED) is 0.218. The average Bonchev–Trinajstić information content (AvgIpc) is 2.63. The highest BCUT2D eigenvalue weighted by Crippen LogP contribution is 2.14. The second-order valence-corrected chi connectivity index (χ2v) is 6.00. The number of aliphatic hydroxyl groups is 2. The number of carbonyl (C=O) groups is 3. The number of unbranched alkanes of at least 4 members (excludes halogenated alkanes) is 3. The average molecular weight is 410 g/mol. The second-order valence-electron chi connectivity index (χ2n) is 6.00. The summed E-state index contributed by atoms with van der Waals surface area (Å²) in [5.41, 5.74) is 0. The summed E-state index contributed by atoms with van der Waals surface area (Å²) in [4.78, 5) is 32.1. The van der Waals surface area contributed by atoms with Crippen molar-refractivity contribution in [3.05, 3.63) is 0 Å². The predicted octanol–water partition coefficient (Wildman–Crippen LogP) is 0.980. The van der Waals surface area contributed by atoms with Gasteiger partial charge in [0, 0.05) is 33.0 Å². The predicted molar refractivity (Wildman–Crippen MR) is 99.1 cm³/mol. The van der Waals surface area contributed by atoms with Gasteiger partial charge in [0.1, 0.15) is 5.92 Å². The number of hydrogen-bond acceptors (Lipinski definition) is 7. The van der Waals surface area contributed by atoms with Crippen molar-refractivity contribution in [3.8, 4) is 0 Å². The van der Waals surface area contributed by atoms with E-state index in [-0.39, 0.29) is 19.8 Å². The standard InChI is InChI=1S/C10H16O7.C8H18O3/c1-2-3-4-17-8(10(15)16)6(9(13)14)5-7(11)12;9-5-1-3-7-11-8-4-2-6-10/h6,8H,2-5H2,1H3,(H,11,12)(H,13,14)(H,15,16);9-10H,1-8H2. The number of ether oxygens (including phenoxy) is 2. The second kappa shape index (κ2) is 20.0. The summed E-state index contributed by atoms with van der Waals surface area (Å²) in [6.07, 6.45) is 2.44. The van der Waals surface area contributed by atoms with Gasteiger partial charge in [-0.15, -0.1) is 0 Å². The van der Waals surface area contributed by atoms with E-state index in [2.05, 4.69) is 0 Å². The van der Waals surface area contributed by atoms with Gasteiger partial charge in [-0.25, -0.2) is 4.79 Å². The zero-order valence-corrected chi connectivity index (χ0v) is 16.4. The number of aliphatic hydroxyl groups excluding tert-OH is 2. The number of aliphatic carboxylic acids is 3. The fourth-order valence-electron chi connectivity index (χ4n) is 1.96. The highest BCUT2D eigenvalue weighted by molar-refractivity contribution is 5.85. The molecule has 0 spiro atoms. The molecule has 0 saturated heterocycles. The lowest BCUT2D eigenvalue weighted by Crippen LogP contribution is -2.38. The number of carboxylic acids is 3. The van der Waals surface area contributed by atoms with Gasteiger partial charge in [-0.2, -0.15) is 0 Å². The first-order valence-corrected chi connectivity index (χ1v) is 9.40. The van der Waals surface area contributed by atoms with E-state index in [1.165, 1.54) is 0 Å². The van der Waals surface area contributed by atoms with Crippen molar-refractivity contribution in [2.24, 2.45) is 5.92 Å². The van der Waals surface area contributed by atoms with Crippen LogP contribution >= 0.6 is 0 Å². The van der Waals surface area contributed by atoms with Gasteiger partial charge in [0.15, 0.2) is 6.10 Å². The van der Waals surface area contributed by atoms with Gasteiger partial charge < -0.3 is 35.0 Å². The molecule has 0 aromatic carbocycles. The molecule has 0 aliphatic carbocycles. The van der Waals surface area contributed by atoms with E-state index < -0.39 is 36.4 Å². The minimum Gasteiger partial charge on any atom is -0.481 e. The molecular weight excluding hydrogens is 376 g/mol. The van der Waals surface area contributed by atoms with Crippen LogP contribution in [0, 0.1) is 5.92 Å². The van der Waals surface area contributed by atoms with Gasteiger partial charge in [0.05, 0.1) is 6.42 Å². The SMILES string of the molecule is CCCCOC(C(=O)O)C(CC(=O)O)C(=O)O.OCCCCOCCCCO. The molecule has 0 bridgehead atoms. The Bertz CT molecular complexity index is 405. The van der Waals surface area contributed by atoms with Crippen molar-refractivity contribution in [2.75, 3.05) is 33.0 Å². The maximum absolute atomic E-state index is 10.8. The Morgan fingerprint density at radius 1 is 0.786 bits per heavy atom. The Kier molecular flexibility index (Phi) is 20.3. The molecule has 0 fully saturated rings. The molecule has 28 heavy (non-hydrogen) atoms. The Morgan fingerprint density at radius 2 is 1.32 bits per heavy atom. The van der Waals surface area contributed by atoms with Crippen LogP contribution in [0.5, 0.6) is 0 Å². The molecule has 0 aromatic rings. The highest BCUT2D eigenvalue weighted by Gasteiger charge is 2.36. The maximum Gasteiger partial charge on any atom is 0.333 e. The maximum atomic E-state index is 10.8. The first-order valence-electron chi connectivity index (χ1n) is 9.40. The molecule has 0 radical (unpaired) electrons. The van der Waals surface area contributed by atoms with E-state index >= 15 is 0 Å². The number of rotatable bonds is 17. The van der Waals surface area contributed by atoms with E-state index in [9.17, 15) is 14.4 Å². The van der Waals surface area contributed by atoms with Gasteiger partial charge >= 0.3 is 17.9 Å². The van der Waals surface area contributed by atoms with Crippen LogP contribution in [-0.4, -0.2) is 82.6 Å². The first-order chi connectivity index (χ1) is 13.3. The topological polar surface area (TPSA) is 171 Å². The largest absolute Gasteiger partial charge is 0.481 e. The summed E-state index contributed by atoms with van der Waals surface area (Å²) in [7, 11) is 0. The van der Waals surface area contributed by atoms with E-state index in [1.54, 1.807) is 0 Å². The Morgan fingerprint density at radius 3 is 1.68 bits per heavy atom. The molecule has 0 heterocycles. The van der Waals surface area contributed by atoms with Crippen LogP contribution in [0.4, 0.5) is 0 Å². The van der Waals surface area contributed by atoms with Crippen molar-refractivity contribution in [3.63, 3.8) is 0 Å². The molecule has 5 N–H and O–H groups in total. The van der Waals surface area contributed by atoms with Crippen LogP contribution in [-0.2, 0) is 23.9 Å². The fourth-order valence-corrected chi connectivity index (χ4v) is 1.96. The lowest BCUT2D eigenvalue weighted by Gasteiger charge is -2.19. The molecule has 10 nitrogen and oxygen atoms in total. The first kappa shape index (κ1) is 28.5. The third-order valence-corrected chi connectivity index (χ3v) is 3.51. The summed E-state index contributed by atoms with van der Waals surface area (Å²) < 4.78 is 10.1. The van der Waals surface area contributed by atoms with Crippen LogP contribution in [0.1, 0.15) is 51.9 Å². The van der Waals surface area contributed by atoms with E-state index in [1.807, 2.05) is 6.92 Å². The van der Waals surface area contributed by atoms with Gasteiger partial charge in [-0.3, -0.25) is 9.59 Å². The van der Waals surface area contributed by atoms with Crippen LogP contribution in [0.15, 0.2) is 0 Å². The lowest BCUT2D eigenvalue weighted by molar-refractivity contribution is -0.166. The number of carboxylic acid groups (broad SMARTS) is 3. The van der Waals surface area contributed by atoms with E-state index in [0.717, 1.165) is 45.3 Å². The molecule has 0 saturated carbocycles. The van der Waals surface area contributed by atoms with Crippen molar-refractivity contribution >= 4 is 17.9 Å². The van der Waals surface area contributed by atoms with Gasteiger partial charge in [-0.05, 0) is 32.1 Å². The normalized spacial score (nSPS) is 12.5. The monoisotopic (exact) mass is 410 g/mol. The summed E-state index contributed by atoms with van der Waals surface area (Å²) >= 11 is 0. The molecule has 10 heteroatoms. The summed E-state index contributed by atoms with van der Waals surface area (Å²) in [5, 5.41) is 43.0. The minimum absolute atomic E-state index is 0.0941. The Hall–Kier alpha value is -1.75. The van der Waals surface area contributed by atoms with Crippen molar-refractivity contribution in [1.29, 1.82) is 0 Å². The molecule has 0 aliphatic rings. The van der Waals surface area contributed by atoms with Crippen molar-refractivity contribution < 1.29 is 49.4 Å². The molecular formula is C18H34O10. The molecule has 166 valence electrons. The van der Waals surface area contributed by atoms with Gasteiger partial charge in [-0.1, -0.05) is 13.3 Å². The summed E-state index contributed by atoms with van der Waals surface area (Å²) in [6, 6.07) is 0. The van der Waals surface area contributed by atoms with Crippen molar-refractivity contribution in [1.82, 2.24) is 0 Å². The van der Waals surface area contributed by atoms with E-state index in [4.69, 9.17) is 35.0 Å². The van der Waals surface area contributed by atoms with Crippen LogP contribution in [0.2, 0.25) is 0 Å².